The van der Waals surface area contributed by atoms with Gasteiger partial charge in [0.1, 0.15) is 6.61 Å². The van der Waals surface area contributed by atoms with Crippen LogP contribution in [0.5, 0.6) is 0 Å². The minimum atomic E-state index is -3.49. The maximum atomic E-state index is 13.8. The van der Waals surface area contributed by atoms with Gasteiger partial charge >= 0.3 is 6.09 Å². The van der Waals surface area contributed by atoms with Gasteiger partial charge in [0.2, 0.25) is 5.91 Å². The summed E-state index contributed by atoms with van der Waals surface area (Å²) in [5.74, 6) is -0.532. The van der Waals surface area contributed by atoms with E-state index >= 15 is 0 Å². The molecule has 8 heteroatoms. The normalized spacial score (nSPS) is 20.1. The van der Waals surface area contributed by atoms with Crippen LogP contribution in [0.15, 0.2) is 53.4 Å². The standard InChI is InChI=1S/C25H28ClNO5S/c1-33(30,31)23-12-11-19(15-22(23)26)21(14-18-9-5-6-10-18)24(28)27-20(16-32-25(27)29)13-17-7-3-2-4-8-17/h2-4,7-8,11-12,15,18,20-21H,5-6,9-10,13-14,16H2,1H3/t20-,21-/m1/s1. The lowest BCUT2D eigenvalue weighted by atomic mass is 9.86. The molecule has 1 heterocycles. The Morgan fingerprint density at radius 3 is 2.48 bits per heavy atom. The minimum absolute atomic E-state index is 0.0301. The smallest absolute Gasteiger partial charge is 0.417 e. The van der Waals surface area contributed by atoms with Gasteiger partial charge in [0.05, 0.1) is 21.9 Å². The van der Waals surface area contributed by atoms with Gasteiger partial charge in [0, 0.05) is 6.26 Å². The summed E-state index contributed by atoms with van der Waals surface area (Å²) in [6, 6.07) is 14.0. The van der Waals surface area contributed by atoms with E-state index in [9.17, 15) is 18.0 Å². The van der Waals surface area contributed by atoms with Crippen molar-refractivity contribution in [1.29, 1.82) is 0 Å². The molecule has 33 heavy (non-hydrogen) atoms. The van der Waals surface area contributed by atoms with Crippen molar-refractivity contribution in [1.82, 2.24) is 4.90 Å². The van der Waals surface area contributed by atoms with E-state index in [4.69, 9.17) is 16.3 Å². The van der Waals surface area contributed by atoms with Crippen LogP contribution >= 0.6 is 11.6 Å². The lowest BCUT2D eigenvalue weighted by Gasteiger charge is -2.27. The summed E-state index contributed by atoms with van der Waals surface area (Å²) in [6.07, 6.45) is 5.91. The number of imide groups is 1. The maximum Gasteiger partial charge on any atom is 0.417 e. The molecule has 0 unspecified atom stereocenters. The summed E-state index contributed by atoms with van der Waals surface area (Å²) in [7, 11) is -3.49. The molecule has 0 radical (unpaired) electrons. The van der Waals surface area contributed by atoms with E-state index in [1.165, 1.54) is 11.0 Å². The van der Waals surface area contributed by atoms with Crippen LogP contribution in [-0.4, -0.2) is 44.2 Å². The van der Waals surface area contributed by atoms with E-state index in [0.717, 1.165) is 37.5 Å². The van der Waals surface area contributed by atoms with Crippen LogP contribution in [0, 0.1) is 5.92 Å². The van der Waals surface area contributed by atoms with Crippen molar-refractivity contribution in [2.75, 3.05) is 12.9 Å². The van der Waals surface area contributed by atoms with Crippen molar-refractivity contribution >= 4 is 33.4 Å². The SMILES string of the molecule is CS(=O)(=O)c1ccc([C@@H](CC2CCCC2)C(=O)N2C(=O)OC[C@H]2Cc2ccccc2)cc1Cl. The predicted octanol–water partition coefficient (Wildman–Crippen LogP) is 5.00. The Labute approximate surface area is 199 Å². The largest absolute Gasteiger partial charge is 0.447 e. The molecule has 2 fully saturated rings. The van der Waals surface area contributed by atoms with E-state index in [1.807, 2.05) is 30.3 Å². The number of benzene rings is 2. The molecule has 0 N–H and O–H groups in total. The average Bonchev–Trinajstić information content (AvgIpc) is 3.41. The molecule has 2 atom stereocenters. The zero-order valence-electron chi connectivity index (χ0n) is 18.6. The zero-order chi connectivity index (χ0) is 23.6. The van der Waals surface area contributed by atoms with Gasteiger partial charge in [-0.1, -0.05) is 73.7 Å². The van der Waals surface area contributed by atoms with Gasteiger partial charge in [-0.3, -0.25) is 4.79 Å². The fourth-order valence-corrected chi connectivity index (χ4v) is 6.27. The Kier molecular flexibility index (Phi) is 7.10. The van der Waals surface area contributed by atoms with E-state index in [0.29, 0.717) is 24.3 Å². The monoisotopic (exact) mass is 489 g/mol. The molecular weight excluding hydrogens is 462 g/mol. The Hall–Kier alpha value is -2.38. The number of carbonyl (C=O) groups is 2. The summed E-state index contributed by atoms with van der Waals surface area (Å²) < 4.78 is 29.3. The molecule has 2 amide bonds. The van der Waals surface area contributed by atoms with Gasteiger partial charge in [0.15, 0.2) is 9.84 Å². The van der Waals surface area contributed by atoms with Gasteiger partial charge in [-0.05, 0) is 42.0 Å². The van der Waals surface area contributed by atoms with Crippen molar-refractivity contribution in [3.05, 3.63) is 64.7 Å². The van der Waals surface area contributed by atoms with Gasteiger partial charge in [-0.25, -0.2) is 18.1 Å². The molecule has 2 aliphatic rings. The fourth-order valence-electron chi connectivity index (χ4n) is 4.93. The van der Waals surface area contributed by atoms with E-state index < -0.39 is 21.8 Å². The second kappa shape index (κ2) is 9.85. The highest BCUT2D eigenvalue weighted by molar-refractivity contribution is 7.90. The van der Waals surface area contributed by atoms with Crippen LogP contribution in [0.25, 0.3) is 0 Å². The predicted molar refractivity (Wildman–Crippen MR) is 126 cm³/mol. The number of cyclic esters (lactones) is 1. The maximum absolute atomic E-state index is 13.8. The summed E-state index contributed by atoms with van der Waals surface area (Å²) in [6.45, 7) is 0.156. The minimum Gasteiger partial charge on any atom is -0.447 e. The van der Waals surface area contributed by atoms with E-state index in [1.54, 1.807) is 12.1 Å². The number of carbonyl (C=O) groups excluding carboxylic acids is 2. The quantitative estimate of drug-likeness (QED) is 0.546. The van der Waals surface area contributed by atoms with Gasteiger partial charge < -0.3 is 4.74 Å². The topological polar surface area (TPSA) is 80.8 Å². The van der Waals surface area contributed by atoms with Gasteiger partial charge in [-0.15, -0.1) is 0 Å². The first-order valence-corrected chi connectivity index (χ1v) is 13.5. The van der Waals surface area contributed by atoms with Crippen LogP contribution in [0.2, 0.25) is 5.02 Å². The third kappa shape index (κ3) is 5.41. The van der Waals surface area contributed by atoms with Crippen molar-refractivity contribution in [2.24, 2.45) is 5.92 Å². The van der Waals surface area contributed by atoms with Crippen molar-refractivity contribution in [3.8, 4) is 0 Å². The number of hydrogen-bond donors (Lipinski definition) is 0. The molecule has 1 saturated carbocycles. The Bertz CT molecular complexity index is 1130. The number of halogens is 1. The second-order valence-corrected chi connectivity index (χ2v) is 11.4. The number of nitrogens with zero attached hydrogens (tertiary/aromatic N) is 1. The molecule has 4 rings (SSSR count). The molecule has 0 bridgehead atoms. The number of sulfone groups is 1. The Balaban J connectivity index is 1.65. The first-order valence-electron chi connectivity index (χ1n) is 11.3. The van der Waals surface area contributed by atoms with Crippen LogP contribution < -0.4 is 0 Å². The molecule has 2 aromatic carbocycles. The van der Waals surface area contributed by atoms with E-state index in [2.05, 4.69) is 0 Å². The third-order valence-corrected chi connectivity index (χ3v) is 8.19. The first-order chi connectivity index (χ1) is 15.7. The molecular formula is C25H28ClNO5S. The number of ether oxygens (including phenoxy) is 1. The molecule has 1 aliphatic heterocycles. The summed E-state index contributed by atoms with van der Waals surface area (Å²) in [4.78, 5) is 27.7. The van der Waals surface area contributed by atoms with Crippen molar-refractivity contribution < 1.29 is 22.7 Å². The third-order valence-electron chi connectivity index (χ3n) is 6.61. The molecule has 1 saturated heterocycles. The zero-order valence-corrected chi connectivity index (χ0v) is 20.1. The summed E-state index contributed by atoms with van der Waals surface area (Å²) >= 11 is 6.31. The first kappa shape index (κ1) is 23.8. The lowest BCUT2D eigenvalue weighted by Crippen LogP contribution is -2.43. The molecule has 2 aromatic rings. The summed E-state index contributed by atoms with van der Waals surface area (Å²) in [5, 5.41) is 0.0871. The van der Waals surface area contributed by atoms with Crippen LogP contribution in [0.4, 0.5) is 4.79 Å². The number of amides is 2. The van der Waals surface area contributed by atoms with Crippen LogP contribution in [0.3, 0.4) is 0 Å². The van der Waals surface area contributed by atoms with E-state index in [-0.39, 0.29) is 28.5 Å². The van der Waals surface area contributed by atoms with Crippen molar-refractivity contribution in [2.45, 2.75) is 55.4 Å². The lowest BCUT2D eigenvalue weighted by molar-refractivity contribution is -0.131. The molecule has 176 valence electrons. The van der Waals surface area contributed by atoms with Gasteiger partial charge in [-0.2, -0.15) is 0 Å². The highest BCUT2D eigenvalue weighted by atomic mass is 35.5. The number of hydrogen-bond acceptors (Lipinski definition) is 5. The number of rotatable bonds is 7. The average molecular weight is 490 g/mol. The van der Waals surface area contributed by atoms with Crippen molar-refractivity contribution in [3.63, 3.8) is 0 Å². The highest BCUT2D eigenvalue weighted by Gasteiger charge is 2.42. The fraction of sp³-hybridized carbons (Fsp3) is 0.440. The molecule has 0 aromatic heterocycles. The molecule has 6 nitrogen and oxygen atoms in total. The second-order valence-electron chi connectivity index (χ2n) is 9.03. The Morgan fingerprint density at radius 1 is 1.15 bits per heavy atom. The van der Waals surface area contributed by atoms with Crippen LogP contribution in [-0.2, 0) is 25.8 Å². The highest BCUT2D eigenvalue weighted by Crippen LogP contribution is 2.38. The molecule has 1 aliphatic carbocycles. The summed E-state index contributed by atoms with van der Waals surface area (Å²) in [5.41, 5.74) is 1.65. The van der Waals surface area contributed by atoms with Gasteiger partial charge in [0.25, 0.3) is 0 Å². The Morgan fingerprint density at radius 2 is 1.85 bits per heavy atom. The van der Waals surface area contributed by atoms with Crippen LogP contribution in [0.1, 0.15) is 49.1 Å². The molecule has 0 spiro atoms.